The zero-order chi connectivity index (χ0) is 20.2. The molecular weight excluding hydrogens is 352 g/mol. The average molecular weight is 378 g/mol. The average Bonchev–Trinajstić information content (AvgIpc) is 2.60. The number of benzene rings is 1. The molecule has 1 N–H and O–H groups in total. The van der Waals surface area contributed by atoms with Crippen LogP contribution in [0, 0.1) is 11.8 Å². The van der Waals surface area contributed by atoms with Crippen LogP contribution in [-0.4, -0.2) is 48.8 Å². The number of aliphatic hydroxyl groups is 1. The van der Waals surface area contributed by atoms with Gasteiger partial charge in [-0.15, -0.1) is 0 Å². The van der Waals surface area contributed by atoms with Crippen molar-refractivity contribution in [2.24, 2.45) is 11.8 Å². The summed E-state index contributed by atoms with van der Waals surface area (Å²) in [5.41, 5.74) is -1.13. The van der Waals surface area contributed by atoms with Gasteiger partial charge in [-0.2, -0.15) is 0 Å². The number of rotatable bonds is 6. The summed E-state index contributed by atoms with van der Waals surface area (Å²) in [6.45, 7) is 4.94. The maximum absolute atomic E-state index is 12.7. The molecule has 148 valence electrons. The molecule has 0 heterocycles. The van der Waals surface area contributed by atoms with Gasteiger partial charge in [0, 0.05) is 12.3 Å². The first-order chi connectivity index (χ1) is 12.8. The number of hydrogen-bond donors (Lipinski definition) is 1. The van der Waals surface area contributed by atoms with E-state index >= 15 is 0 Å². The number of carbonyl (C=O) groups is 3. The number of esters is 2. The zero-order valence-corrected chi connectivity index (χ0v) is 16.1. The molecule has 27 heavy (non-hydrogen) atoms. The van der Waals surface area contributed by atoms with Crippen LogP contribution in [0.1, 0.15) is 38.7 Å². The van der Waals surface area contributed by atoms with Gasteiger partial charge in [-0.25, -0.2) is 0 Å². The molecule has 0 bridgehead atoms. The summed E-state index contributed by atoms with van der Waals surface area (Å²) in [5, 5.41) is 10.9. The number of ether oxygens (including phenoxy) is 3. The van der Waals surface area contributed by atoms with Crippen LogP contribution in [0.2, 0.25) is 0 Å². The normalized spacial score (nSPS) is 27.7. The molecule has 1 saturated carbocycles. The second-order valence-corrected chi connectivity index (χ2v) is 6.76. The summed E-state index contributed by atoms with van der Waals surface area (Å²) >= 11 is 0. The Labute approximate surface area is 158 Å². The Morgan fingerprint density at radius 3 is 2.41 bits per heavy atom. The van der Waals surface area contributed by atoms with Crippen molar-refractivity contribution in [3.63, 3.8) is 0 Å². The van der Waals surface area contributed by atoms with E-state index in [1.165, 1.54) is 14.0 Å². The maximum Gasteiger partial charge on any atom is 0.317 e. The molecule has 2 rings (SSSR count). The minimum atomic E-state index is -1.65. The Hall–Kier alpha value is -2.41. The standard InChI is InChI=1S/C20H26O7/c1-5-26-18(22)16-14(21)11-20(3,24)17(19(23)27-6-2)15(16)12-8-7-9-13(10-12)25-4/h7-10,15-17,24H,5-6,11H2,1-4H3/t15-,16+,17-,20-/m0/s1. The third-order valence-electron chi connectivity index (χ3n) is 4.83. The molecule has 1 aliphatic rings. The molecule has 0 unspecified atom stereocenters. The van der Waals surface area contributed by atoms with Crippen molar-refractivity contribution in [2.45, 2.75) is 38.7 Å². The van der Waals surface area contributed by atoms with Gasteiger partial charge < -0.3 is 19.3 Å². The van der Waals surface area contributed by atoms with Gasteiger partial charge in [0.05, 0.1) is 31.8 Å². The van der Waals surface area contributed by atoms with Gasteiger partial charge in [-0.3, -0.25) is 14.4 Å². The van der Waals surface area contributed by atoms with Crippen molar-refractivity contribution in [2.75, 3.05) is 20.3 Å². The summed E-state index contributed by atoms with van der Waals surface area (Å²) in [7, 11) is 1.49. The first kappa shape index (κ1) is 20.9. The third-order valence-corrected chi connectivity index (χ3v) is 4.83. The van der Waals surface area contributed by atoms with Crippen LogP contribution < -0.4 is 4.74 Å². The van der Waals surface area contributed by atoms with Crippen molar-refractivity contribution in [3.8, 4) is 5.75 Å². The smallest absolute Gasteiger partial charge is 0.317 e. The first-order valence-corrected chi connectivity index (χ1v) is 8.99. The largest absolute Gasteiger partial charge is 0.497 e. The Balaban J connectivity index is 2.63. The lowest BCUT2D eigenvalue weighted by Crippen LogP contribution is -2.55. The van der Waals surface area contributed by atoms with Crippen LogP contribution >= 0.6 is 0 Å². The molecular formula is C20H26O7. The van der Waals surface area contributed by atoms with Crippen molar-refractivity contribution in [1.29, 1.82) is 0 Å². The van der Waals surface area contributed by atoms with Gasteiger partial charge in [0.1, 0.15) is 11.7 Å². The van der Waals surface area contributed by atoms with Crippen molar-refractivity contribution in [1.82, 2.24) is 0 Å². The van der Waals surface area contributed by atoms with E-state index in [0.717, 1.165) is 0 Å². The number of hydrogen-bond acceptors (Lipinski definition) is 7. The van der Waals surface area contributed by atoms with E-state index in [-0.39, 0.29) is 19.6 Å². The van der Waals surface area contributed by atoms with Crippen molar-refractivity contribution < 1.29 is 33.7 Å². The van der Waals surface area contributed by atoms with Gasteiger partial charge in [0.15, 0.2) is 5.78 Å². The topological polar surface area (TPSA) is 99.1 Å². The maximum atomic E-state index is 12.7. The molecule has 0 amide bonds. The third kappa shape index (κ3) is 4.30. The number of methoxy groups -OCH3 is 1. The fraction of sp³-hybridized carbons (Fsp3) is 0.550. The monoisotopic (exact) mass is 378 g/mol. The summed E-state index contributed by atoms with van der Waals surface area (Å²) in [6.07, 6.45) is -0.333. The van der Waals surface area contributed by atoms with Crippen molar-refractivity contribution >= 4 is 17.7 Å². The Morgan fingerprint density at radius 1 is 1.19 bits per heavy atom. The Bertz CT molecular complexity index is 710. The molecule has 0 radical (unpaired) electrons. The van der Waals surface area contributed by atoms with E-state index in [4.69, 9.17) is 14.2 Å². The van der Waals surface area contributed by atoms with E-state index in [1.807, 2.05) is 0 Å². The highest BCUT2D eigenvalue weighted by Crippen LogP contribution is 2.47. The van der Waals surface area contributed by atoms with E-state index in [2.05, 4.69) is 0 Å². The lowest BCUT2D eigenvalue weighted by molar-refractivity contribution is -0.172. The van der Waals surface area contributed by atoms with E-state index in [9.17, 15) is 19.5 Å². The Morgan fingerprint density at radius 2 is 1.81 bits per heavy atom. The molecule has 0 aromatic heterocycles. The Kier molecular flexibility index (Phi) is 6.59. The minimum Gasteiger partial charge on any atom is -0.497 e. The second-order valence-electron chi connectivity index (χ2n) is 6.76. The predicted molar refractivity (Wildman–Crippen MR) is 96.2 cm³/mol. The highest BCUT2D eigenvalue weighted by Gasteiger charge is 2.57. The molecule has 0 spiro atoms. The number of carbonyl (C=O) groups excluding carboxylic acids is 3. The molecule has 4 atom stereocenters. The summed E-state index contributed by atoms with van der Waals surface area (Å²) in [6, 6.07) is 6.76. The number of Topliss-reactive ketones (excluding diaryl/α,β-unsaturated/α-hetero) is 1. The SMILES string of the molecule is CCOC(=O)[C@@H]1C(=O)C[C@](C)(O)[C@H](C(=O)OCC)[C@H]1c1cccc(OC)c1. The molecule has 0 saturated heterocycles. The van der Waals surface area contributed by atoms with Gasteiger partial charge >= 0.3 is 11.9 Å². The number of ketones is 1. The quantitative estimate of drug-likeness (QED) is 0.596. The lowest BCUT2D eigenvalue weighted by Gasteiger charge is -2.43. The van der Waals surface area contributed by atoms with E-state index in [1.54, 1.807) is 38.1 Å². The minimum absolute atomic E-state index is 0.105. The highest BCUT2D eigenvalue weighted by atomic mass is 16.5. The van der Waals surface area contributed by atoms with Gasteiger partial charge in [0.25, 0.3) is 0 Å². The van der Waals surface area contributed by atoms with Crippen LogP contribution in [-0.2, 0) is 23.9 Å². The van der Waals surface area contributed by atoms with E-state index < -0.39 is 41.1 Å². The fourth-order valence-electron chi connectivity index (χ4n) is 3.73. The van der Waals surface area contributed by atoms with Crippen molar-refractivity contribution in [3.05, 3.63) is 29.8 Å². The van der Waals surface area contributed by atoms with Crippen LogP contribution in [0.25, 0.3) is 0 Å². The summed E-state index contributed by atoms with van der Waals surface area (Å²) < 4.78 is 15.5. The van der Waals surface area contributed by atoms with Gasteiger partial charge in [0.2, 0.25) is 0 Å². The second kappa shape index (κ2) is 8.52. The van der Waals surface area contributed by atoms with Crippen LogP contribution in [0.3, 0.4) is 0 Å². The van der Waals surface area contributed by atoms with E-state index in [0.29, 0.717) is 11.3 Å². The highest BCUT2D eigenvalue weighted by molar-refractivity contribution is 6.02. The molecule has 1 aromatic carbocycles. The van der Waals surface area contributed by atoms with Crippen LogP contribution in [0.15, 0.2) is 24.3 Å². The fourth-order valence-corrected chi connectivity index (χ4v) is 3.73. The van der Waals surface area contributed by atoms with Crippen LogP contribution in [0.5, 0.6) is 5.75 Å². The first-order valence-electron chi connectivity index (χ1n) is 8.99. The molecule has 1 fully saturated rings. The molecule has 1 aliphatic carbocycles. The molecule has 1 aromatic rings. The van der Waals surface area contributed by atoms with Gasteiger partial charge in [-0.05, 0) is 38.5 Å². The summed E-state index contributed by atoms with van der Waals surface area (Å²) in [4.78, 5) is 38.0. The molecule has 7 nitrogen and oxygen atoms in total. The lowest BCUT2D eigenvalue weighted by atomic mass is 9.61. The molecule has 0 aliphatic heterocycles. The van der Waals surface area contributed by atoms with Crippen LogP contribution in [0.4, 0.5) is 0 Å². The van der Waals surface area contributed by atoms with Gasteiger partial charge in [-0.1, -0.05) is 12.1 Å². The summed E-state index contributed by atoms with van der Waals surface area (Å²) in [5.74, 6) is -4.54. The molecule has 7 heteroatoms. The zero-order valence-electron chi connectivity index (χ0n) is 16.1. The predicted octanol–water partition coefficient (Wildman–Crippen LogP) is 1.86.